The Balaban J connectivity index is 2.30. The van der Waals surface area contributed by atoms with Gasteiger partial charge in [0.25, 0.3) is 0 Å². The molecule has 0 amide bonds. The van der Waals surface area contributed by atoms with Gasteiger partial charge in [0.05, 0.1) is 0 Å². The Morgan fingerprint density at radius 3 is 2.50 bits per heavy atom. The molecule has 2 nitrogen and oxygen atoms in total. The number of hydrogen-bond acceptors (Lipinski definition) is 2. The van der Waals surface area contributed by atoms with Crippen LogP contribution in [0, 0.1) is 11.8 Å². The van der Waals surface area contributed by atoms with Gasteiger partial charge in [0.1, 0.15) is 0 Å². The van der Waals surface area contributed by atoms with E-state index in [1.165, 1.54) is 25.7 Å². The van der Waals surface area contributed by atoms with E-state index < -0.39 is 0 Å². The summed E-state index contributed by atoms with van der Waals surface area (Å²) in [6, 6.07) is 0.697. The number of nitrogens with one attached hydrogen (secondary N) is 1. The average molecular weight is 199 g/mol. The lowest BCUT2D eigenvalue weighted by molar-refractivity contribution is 0.0585. The second-order valence-electron chi connectivity index (χ2n) is 4.57. The molecule has 1 heterocycles. The molecule has 2 heteroatoms. The molecule has 2 unspecified atom stereocenters. The lowest BCUT2D eigenvalue weighted by Crippen LogP contribution is -2.35. The summed E-state index contributed by atoms with van der Waals surface area (Å²) in [4.78, 5) is 0. The van der Waals surface area contributed by atoms with Crippen LogP contribution >= 0.6 is 0 Å². The highest BCUT2D eigenvalue weighted by molar-refractivity contribution is 4.76. The minimum absolute atomic E-state index is 0.697. The molecule has 0 radical (unpaired) electrons. The van der Waals surface area contributed by atoms with Crippen molar-refractivity contribution in [2.45, 2.75) is 45.6 Å². The molecule has 0 aromatic carbocycles. The van der Waals surface area contributed by atoms with Crippen LogP contribution in [0.5, 0.6) is 0 Å². The fourth-order valence-electron chi connectivity index (χ4n) is 2.26. The summed E-state index contributed by atoms with van der Waals surface area (Å²) in [5.41, 5.74) is 0. The minimum atomic E-state index is 0.697. The topological polar surface area (TPSA) is 21.3 Å². The van der Waals surface area contributed by atoms with Gasteiger partial charge in [-0.1, -0.05) is 20.3 Å². The van der Waals surface area contributed by atoms with Crippen molar-refractivity contribution in [1.82, 2.24) is 5.32 Å². The molecule has 1 fully saturated rings. The molecule has 0 aromatic rings. The summed E-state index contributed by atoms with van der Waals surface area (Å²) in [6.45, 7) is 6.57. The van der Waals surface area contributed by atoms with Gasteiger partial charge in [-0.3, -0.25) is 0 Å². The van der Waals surface area contributed by atoms with Crippen molar-refractivity contribution in [3.63, 3.8) is 0 Å². The van der Waals surface area contributed by atoms with Gasteiger partial charge in [-0.25, -0.2) is 0 Å². The van der Waals surface area contributed by atoms with Crippen LogP contribution in [-0.2, 0) is 4.74 Å². The van der Waals surface area contributed by atoms with Crippen molar-refractivity contribution in [3.05, 3.63) is 0 Å². The molecule has 0 saturated carbocycles. The van der Waals surface area contributed by atoms with Crippen LogP contribution in [0.1, 0.15) is 39.5 Å². The van der Waals surface area contributed by atoms with Gasteiger partial charge in [0.2, 0.25) is 0 Å². The Labute approximate surface area is 88.4 Å². The van der Waals surface area contributed by atoms with Gasteiger partial charge < -0.3 is 10.1 Å². The predicted octanol–water partition coefficient (Wildman–Crippen LogP) is 2.44. The molecule has 0 bridgehead atoms. The number of rotatable bonds is 5. The third-order valence-electron chi connectivity index (χ3n) is 3.63. The first kappa shape index (κ1) is 12.0. The molecule has 1 aliphatic heterocycles. The van der Waals surface area contributed by atoms with Crippen molar-refractivity contribution >= 4 is 0 Å². The van der Waals surface area contributed by atoms with Crippen LogP contribution in [0.2, 0.25) is 0 Å². The van der Waals surface area contributed by atoms with Gasteiger partial charge in [0, 0.05) is 19.3 Å². The Morgan fingerprint density at radius 2 is 2.00 bits per heavy atom. The quantitative estimate of drug-likeness (QED) is 0.734. The monoisotopic (exact) mass is 199 g/mol. The summed E-state index contributed by atoms with van der Waals surface area (Å²) < 4.78 is 5.38. The van der Waals surface area contributed by atoms with E-state index in [1.54, 1.807) is 0 Å². The van der Waals surface area contributed by atoms with Crippen molar-refractivity contribution in [2.75, 3.05) is 20.3 Å². The zero-order valence-electron chi connectivity index (χ0n) is 9.88. The maximum atomic E-state index is 5.38. The van der Waals surface area contributed by atoms with E-state index in [2.05, 4.69) is 26.2 Å². The first-order chi connectivity index (χ1) is 6.77. The highest BCUT2D eigenvalue weighted by Crippen LogP contribution is 2.23. The van der Waals surface area contributed by atoms with Gasteiger partial charge in [-0.05, 0) is 38.1 Å². The van der Waals surface area contributed by atoms with Crippen LogP contribution in [0.3, 0.4) is 0 Å². The van der Waals surface area contributed by atoms with Crippen molar-refractivity contribution in [3.8, 4) is 0 Å². The summed E-state index contributed by atoms with van der Waals surface area (Å²) >= 11 is 0. The van der Waals surface area contributed by atoms with Crippen molar-refractivity contribution < 1.29 is 4.74 Å². The van der Waals surface area contributed by atoms with E-state index in [0.29, 0.717) is 6.04 Å². The zero-order valence-corrected chi connectivity index (χ0v) is 9.88. The molecule has 2 atom stereocenters. The molecule has 0 spiro atoms. The van der Waals surface area contributed by atoms with Crippen LogP contribution < -0.4 is 5.32 Å². The molecular formula is C12H25NO. The molecule has 1 N–H and O–H groups in total. The molecular weight excluding hydrogens is 174 g/mol. The molecule has 84 valence electrons. The Kier molecular flexibility index (Phi) is 5.49. The number of ether oxygens (including phenoxy) is 1. The lowest BCUT2D eigenvalue weighted by Gasteiger charge is -2.29. The van der Waals surface area contributed by atoms with Crippen molar-refractivity contribution in [2.24, 2.45) is 11.8 Å². The molecule has 14 heavy (non-hydrogen) atoms. The first-order valence-corrected chi connectivity index (χ1v) is 6.03. The fourth-order valence-corrected chi connectivity index (χ4v) is 2.26. The summed E-state index contributed by atoms with van der Waals surface area (Å²) in [6.07, 6.45) is 5.12. The molecule has 0 aliphatic carbocycles. The van der Waals surface area contributed by atoms with Gasteiger partial charge in [-0.15, -0.1) is 0 Å². The fraction of sp³-hybridized carbons (Fsp3) is 1.00. The van der Waals surface area contributed by atoms with Crippen LogP contribution in [0.15, 0.2) is 0 Å². The third kappa shape index (κ3) is 3.58. The molecule has 0 aromatic heterocycles. The maximum Gasteiger partial charge on any atom is 0.0468 e. The number of hydrogen-bond donors (Lipinski definition) is 1. The second kappa shape index (κ2) is 6.41. The summed E-state index contributed by atoms with van der Waals surface area (Å²) in [5, 5.41) is 3.46. The first-order valence-electron chi connectivity index (χ1n) is 6.03. The van der Waals surface area contributed by atoms with E-state index in [-0.39, 0.29) is 0 Å². The SMILES string of the molecule is CCC(C)C(CC1CCOCC1)NC. The predicted molar refractivity (Wildman–Crippen MR) is 60.5 cm³/mol. The smallest absolute Gasteiger partial charge is 0.0468 e. The normalized spacial score (nSPS) is 23.4. The highest BCUT2D eigenvalue weighted by atomic mass is 16.5. The van der Waals surface area contributed by atoms with Crippen molar-refractivity contribution in [1.29, 1.82) is 0 Å². The Hall–Kier alpha value is -0.0800. The van der Waals surface area contributed by atoms with E-state index in [4.69, 9.17) is 4.74 Å². The standard InChI is InChI=1S/C12H25NO/c1-4-10(2)12(13-3)9-11-5-7-14-8-6-11/h10-13H,4-9H2,1-3H3. The summed E-state index contributed by atoms with van der Waals surface area (Å²) in [5.74, 6) is 1.68. The largest absolute Gasteiger partial charge is 0.381 e. The molecule has 1 aliphatic rings. The molecule has 1 saturated heterocycles. The Morgan fingerprint density at radius 1 is 1.36 bits per heavy atom. The highest BCUT2D eigenvalue weighted by Gasteiger charge is 2.21. The average Bonchev–Trinajstić information content (AvgIpc) is 2.26. The van der Waals surface area contributed by atoms with E-state index in [1.807, 2.05) is 0 Å². The van der Waals surface area contributed by atoms with E-state index in [0.717, 1.165) is 25.0 Å². The van der Waals surface area contributed by atoms with E-state index >= 15 is 0 Å². The Bertz CT molecular complexity index is 143. The van der Waals surface area contributed by atoms with Crippen LogP contribution in [0.4, 0.5) is 0 Å². The minimum Gasteiger partial charge on any atom is -0.381 e. The van der Waals surface area contributed by atoms with Crippen LogP contribution in [-0.4, -0.2) is 26.3 Å². The summed E-state index contributed by atoms with van der Waals surface area (Å²) in [7, 11) is 2.09. The van der Waals surface area contributed by atoms with Crippen LogP contribution in [0.25, 0.3) is 0 Å². The molecule has 1 rings (SSSR count). The van der Waals surface area contributed by atoms with E-state index in [9.17, 15) is 0 Å². The van der Waals surface area contributed by atoms with Gasteiger partial charge >= 0.3 is 0 Å². The van der Waals surface area contributed by atoms with Gasteiger partial charge in [0.15, 0.2) is 0 Å². The van der Waals surface area contributed by atoms with Gasteiger partial charge in [-0.2, -0.15) is 0 Å². The second-order valence-corrected chi connectivity index (χ2v) is 4.57. The zero-order chi connectivity index (χ0) is 10.4. The maximum absolute atomic E-state index is 5.38. The lowest BCUT2D eigenvalue weighted by atomic mass is 9.86. The third-order valence-corrected chi connectivity index (χ3v) is 3.63.